The molecule has 1 saturated carbocycles. The minimum Gasteiger partial charge on any atom is -0.338 e. The molecule has 2 N–H and O–H groups in total. The molecule has 9 heteroatoms. The molecule has 0 spiro atoms. The van der Waals surface area contributed by atoms with Crippen LogP contribution in [0.4, 0.5) is 4.79 Å². The zero-order valence-electron chi connectivity index (χ0n) is 16.6. The van der Waals surface area contributed by atoms with Crippen LogP contribution in [-0.4, -0.2) is 33.3 Å². The molecule has 1 fully saturated rings. The van der Waals surface area contributed by atoms with E-state index in [2.05, 4.69) is 10.6 Å². The number of hydrogen-bond donors (Lipinski definition) is 2. The van der Waals surface area contributed by atoms with Gasteiger partial charge < -0.3 is 5.32 Å². The summed E-state index contributed by atoms with van der Waals surface area (Å²) in [6.45, 7) is 7.91. The van der Waals surface area contributed by atoms with E-state index < -0.39 is 17.2 Å². The number of imide groups is 1. The van der Waals surface area contributed by atoms with Crippen LogP contribution in [0.25, 0.3) is 10.2 Å². The molecule has 2 aromatic heterocycles. The van der Waals surface area contributed by atoms with E-state index >= 15 is 0 Å². The molecule has 2 aromatic rings. The molecule has 0 radical (unpaired) electrons. The zero-order valence-corrected chi connectivity index (χ0v) is 18.3. The molecule has 28 heavy (non-hydrogen) atoms. The molecule has 1 atom stereocenters. The van der Waals surface area contributed by atoms with Gasteiger partial charge in [-0.3, -0.25) is 19.5 Å². The Labute approximate surface area is 172 Å². The summed E-state index contributed by atoms with van der Waals surface area (Å²) in [5, 5.41) is 5.58. The molecule has 3 amide bonds. The summed E-state index contributed by atoms with van der Waals surface area (Å²) in [4.78, 5) is 43.9. The van der Waals surface area contributed by atoms with Crippen LogP contribution < -0.4 is 16.2 Å². The van der Waals surface area contributed by atoms with Crippen molar-refractivity contribution in [2.24, 2.45) is 0 Å². The first-order valence-electron chi connectivity index (χ1n) is 9.61. The number of carbonyl (C=O) groups excluding carboxylic acids is 2. The topological polar surface area (TPSA) is 93.1 Å². The molecular weight excluding hydrogens is 396 g/mol. The van der Waals surface area contributed by atoms with Gasteiger partial charge in [0.15, 0.2) is 5.16 Å². The molecule has 1 unspecified atom stereocenters. The number of thiophene rings is 1. The summed E-state index contributed by atoms with van der Waals surface area (Å²) < 4.78 is 1.79. The first-order chi connectivity index (χ1) is 13.3. The molecule has 7 nitrogen and oxygen atoms in total. The minimum absolute atomic E-state index is 0.0161. The second kappa shape index (κ2) is 8.65. The number of rotatable bonds is 5. The average Bonchev–Trinajstić information content (AvgIpc) is 3.24. The molecule has 2 heterocycles. The molecule has 0 aliphatic heterocycles. The number of carbonyl (C=O) groups is 2. The largest absolute Gasteiger partial charge is 0.338 e. The third-order valence-electron chi connectivity index (χ3n) is 5.12. The van der Waals surface area contributed by atoms with E-state index in [0.717, 1.165) is 36.1 Å². The molecule has 3 rings (SSSR count). The van der Waals surface area contributed by atoms with Gasteiger partial charge in [-0.25, -0.2) is 9.78 Å². The first-order valence-corrected chi connectivity index (χ1v) is 11.3. The lowest BCUT2D eigenvalue weighted by molar-refractivity contribution is -0.119. The Hall–Kier alpha value is -1.87. The predicted octanol–water partition coefficient (Wildman–Crippen LogP) is 3.52. The van der Waals surface area contributed by atoms with Gasteiger partial charge >= 0.3 is 6.03 Å². The van der Waals surface area contributed by atoms with E-state index in [0.29, 0.717) is 21.9 Å². The number of aromatic nitrogens is 2. The number of nitrogens with zero attached hydrogens (tertiary/aromatic N) is 2. The SMILES string of the molecule is CCNC(=O)NC(=O)C(C)Sc1nc2sc(C)c(C)c2c(=O)n1C1CCCC1. The fourth-order valence-electron chi connectivity index (χ4n) is 3.49. The Balaban J connectivity index is 1.97. The highest BCUT2D eigenvalue weighted by atomic mass is 32.2. The molecule has 0 bridgehead atoms. The quantitative estimate of drug-likeness (QED) is 0.568. The molecule has 1 aliphatic rings. The lowest BCUT2D eigenvalue weighted by Crippen LogP contribution is -2.42. The summed E-state index contributed by atoms with van der Waals surface area (Å²) >= 11 is 2.74. The van der Waals surface area contributed by atoms with Crippen molar-refractivity contribution in [2.45, 2.75) is 69.8 Å². The second-order valence-electron chi connectivity index (χ2n) is 7.08. The van der Waals surface area contributed by atoms with Crippen LogP contribution in [0.3, 0.4) is 0 Å². The van der Waals surface area contributed by atoms with Crippen molar-refractivity contribution < 1.29 is 9.59 Å². The van der Waals surface area contributed by atoms with E-state index in [1.165, 1.54) is 23.1 Å². The highest BCUT2D eigenvalue weighted by Crippen LogP contribution is 2.35. The van der Waals surface area contributed by atoms with Gasteiger partial charge in [-0.05, 0) is 46.1 Å². The number of aryl methyl sites for hydroxylation is 2. The Morgan fingerprint density at radius 1 is 1.32 bits per heavy atom. The van der Waals surface area contributed by atoms with Crippen molar-refractivity contribution in [3.63, 3.8) is 0 Å². The maximum Gasteiger partial charge on any atom is 0.321 e. The number of thioether (sulfide) groups is 1. The number of amides is 3. The van der Waals surface area contributed by atoms with Crippen molar-refractivity contribution >= 4 is 45.3 Å². The Morgan fingerprint density at radius 3 is 2.64 bits per heavy atom. The zero-order chi connectivity index (χ0) is 20.4. The highest BCUT2D eigenvalue weighted by Gasteiger charge is 2.27. The molecular formula is C19H26N4O3S2. The summed E-state index contributed by atoms with van der Waals surface area (Å²) in [5.41, 5.74) is 0.973. The van der Waals surface area contributed by atoms with E-state index in [1.807, 2.05) is 13.8 Å². The average molecular weight is 423 g/mol. The van der Waals surface area contributed by atoms with Crippen molar-refractivity contribution in [1.82, 2.24) is 20.2 Å². The molecule has 0 aromatic carbocycles. The number of fused-ring (bicyclic) bond motifs is 1. The van der Waals surface area contributed by atoms with Crippen molar-refractivity contribution in [3.05, 3.63) is 20.8 Å². The smallest absolute Gasteiger partial charge is 0.321 e. The monoisotopic (exact) mass is 422 g/mol. The van der Waals surface area contributed by atoms with Gasteiger partial charge in [0.25, 0.3) is 5.56 Å². The van der Waals surface area contributed by atoms with E-state index in [1.54, 1.807) is 18.4 Å². The van der Waals surface area contributed by atoms with E-state index in [9.17, 15) is 14.4 Å². The lowest BCUT2D eigenvalue weighted by atomic mass is 10.2. The van der Waals surface area contributed by atoms with Crippen molar-refractivity contribution in [1.29, 1.82) is 0 Å². The highest BCUT2D eigenvalue weighted by molar-refractivity contribution is 8.00. The summed E-state index contributed by atoms with van der Waals surface area (Å²) in [7, 11) is 0. The number of urea groups is 1. The molecule has 152 valence electrons. The maximum atomic E-state index is 13.3. The Morgan fingerprint density at radius 2 is 2.00 bits per heavy atom. The van der Waals surface area contributed by atoms with Crippen LogP contribution in [-0.2, 0) is 4.79 Å². The van der Waals surface area contributed by atoms with Gasteiger partial charge in [0.05, 0.1) is 10.6 Å². The van der Waals surface area contributed by atoms with Crippen LogP contribution in [0.2, 0.25) is 0 Å². The normalized spacial score (nSPS) is 15.7. The van der Waals surface area contributed by atoms with E-state index in [4.69, 9.17) is 4.98 Å². The lowest BCUT2D eigenvalue weighted by Gasteiger charge is -2.19. The van der Waals surface area contributed by atoms with Crippen LogP contribution in [0.1, 0.15) is 56.0 Å². The molecule has 0 saturated heterocycles. The molecule has 1 aliphatic carbocycles. The Kier molecular flexibility index (Phi) is 6.44. The fraction of sp³-hybridized carbons (Fsp3) is 0.579. The van der Waals surface area contributed by atoms with Crippen LogP contribution >= 0.6 is 23.1 Å². The van der Waals surface area contributed by atoms with Gasteiger partial charge in [-0.2, -0.15) is 0 Å². The third kappa shape index (κ3) is 4.10. The first kappa shape index (κ1) is 20.9. The van der Waals surface area contributed by atoms with Gasteiger partial charge in [0, 0.05) is 17.5 Å². The van der Waals surface area contributed by atoms with Gasteiger partial charge in [0.2, 0.25) is 5.91 Å². The summed E-state index contributed by atoms with van der Waals surface area (Å²) in [6.07, 6.45) is 4.08. The number of nitrogens with one attached hydrogen (secondary N) is 2. The Bertz CT molecular complexity index is 960. The van der Waals surface area contributed by atoms with Crippen molar-refractivity contribution in [2.75, 3.05) is 6.54 Å². The van der Waals surface area contributed by atoms with Gasteiger partial charge in [0.1, 0.15) is 4.83 Å². The van der Waals surface area contributed by atoms with Crippen LogP contribution in [0.15, 0.2) is 9.95 Å². The number of hydrogen-bond acceptors (Lipinski definition) is 6. The minimum atomic E-state index is -0.554. The fourth-order valence-corrected chi connectivity index (χ4v) is 5.53. The van der Waals surface area contributed by atoms with Gasteiger partial charge in [-0.1, -0.05) is 24.6 Å². The van der Waals surface area contributed by atoms with Gasteiger partial charge in [-0.15, -0.1) is 11.3 Å². The van der Waals surface area contributed by atoms with E-state index in [-0.39, 0.29) is 11.6 Å². The van der Waals surface area contributed by atoms with Crippen LogP contribution in [0.5, 0.6) is 0 Å². The maximum absolute atomic E-state index is 13.3. The third-order valence-corrected chi connectivity index (χ3v) is 7.29. The van der Waals surface area contributed by atoms with Crippen LogP contribution in [0, 0.1) is 13.8 Å². The summed E-state index contributed by atoms with van der Waals surface area (Å²) in [5.74, 6) is -0.401. The standard InChI is InChI=1S/C19H26N4O3S2/c1-5-20-18(26)21-15(24)12(4)28-19-22-16-14(10(2)11(3)27-16)17(25)23(19)13-8-6-7-9-13/h12-13H,5-9H2,1-4H3,(H2,20,21,24,26). The second-order valence-corrected chi connectivity index (χ2v) is 9.59. The summed E-state index contributed by atoms with van der Waals surface area (Å²) in [6, 6.07) is -0.397. The van der Waals surface area contributed by atoms with Crippen molar-refractivity contribution in [3.8, 4) is 0 Å². The predicted molar refractivity (Wildman–Crippen MR) is 113 cm³/mol.